The van der Waals surface area contributed by atoms with Gasteiger partial charge in [-0.1, -0.05) is 0 Å². The average Bonchev–Trinajstić information content (AvgIpc) is 2.15. The van der Waals surface area contributed by atoms with Crippen molar-refractivity contribution in [1.82, 2.24) is 0 Å². The number of carbonyl (C=O) groups excluding carboxylic acids is 1. The molecule has 0 N–H and O–H groups in total. The summed E-state index contributed by atoms with van der Waals surface area (Å²) in [4.78, 5) is 11.9. The van der Waals surface area contributed by atoms with E-state index in [9.17, 15) is 9.90 Å². The first-order valence-electron chi connectivity index (χ1n) is 4.82. The van der Waals surface area contributed by atoms with Crippen molar-refractivity contribution in [1.29, 1.82) is 0 Å². The summed E-state index contributed by atoms with van der Waals surface area (Å²) < 4.78 is 1.31. The summed E-state index contributed by atoms with van der Waals surface area (Å²) in [6, 6.07) is 0. The van der Waals surface area contributed by atoms with Gasteiger partial charge in [0.15, 0.2) is 0 Å². The van der Waals surface area contributed by atoms with E-state index in [1.807, 2.05) is 8.24 Å². The topological polar surface area (TPSA) is 40.1 Å². The zero-order valence-electron chi connectivity index (χ0n) is 7.97. The number of carboxylic acid groups (broad SMARTS) is 1. The molecule has 0 bridgehead atoms. The van der Waals surface area contributed by atoms with Crippen LogP contribution >= 0.6 is 8.24 Å². The molecule has 0 saturated carbocycles. The molecule has 0 radical (unpaired) electrons. The Hall–Kier alpha value is 0.495. The molecule has 0 heterocycles. The van der Waals surface area contributed by atoms with Gasteiger partial charge in [-0.15, -0.1) is 0 Å². The van der Waals surface area contributed by atoms with Crippen molar-refractivity contribution in [2.24, 2.45) is 0 Å². The molecule has 1 rings (SSSR count). The van der Waals surface area contributed by atoms with Crippen LogP contribution in [0.25, 0.3) is 0 Å². The molecule has 0 aromatic heterocycles. The summed E-state index contributed by atoms with van der Waals surface area (Å²) in [7, 11) is 1.91. The van der Waals surface area contributed by atoms with Crippen LogP contribution in [0.3, 0.4) is 0 Å². The quantitative estimate of drug-likeness (QED) is 0.692. The number of rotatable bonds is 4. The average molecular weight is 386 g/mol. The van der Waals surface area contributed by atoms with E-state index in [0.29, 0.717) is 5.57 Å². The Morgan fingerprint density at radius 1 is 1.54 bits per heavy atom. The first-order valence-corrected chi connectivity index (χ1v) is 16.4. The monoisotopic (exact) mass is 387 g/mol. The van der Waals surface area contributed by atoms with Gasteiger partial charge in [0.25, 0.3) is 0 Å². The van der Waals surface area contributed by atoms with Gasteiger partial charge in [0.1, 0.15) is 0 Å². The van der Waals surface area contributed by atoms with Crippen molar-refractivity contribution in [2.75, 3.05) is 0 Å². The summed E-state index contributed by atoms with van der Waals surface area (Å²) in [5, 5.41) is 10.8. The van der Waals surface area contributed by atoms with Gasteiger partial charge in [0, 0.05) is 0 Å². The number of carboxylic acids is 1. The van der Waals surface area contributed by atoms with Gasteiger partial charge < -0.3 is 0 Å². The number of aliphatic carboxylic acids is 1. The molecule has 0 fully saturated rings. The van der Waals surface area contributed by atoms with E-state index >= 15 is 0 Å². The Morgan fingerprint density at radius 2 is 2.23 bits per heavy atom. The molecule has 0 amide bonds. The Balaban J connectivity index is 2.65. The third-order valence-corrected chi connectivity index (χ3v) is 14.8. The zero-order chi connectivity index (χ0) is 9.68. The molecule has 0 spiro atoms. The number of hydrogen-bond donors (Lipinski definition) is 0. The van der Waals surface area contributed by atoms with Crippen LogP contribution in [-0.4, -0.2) is 5.97 Å². The SMILES string of the molecule is C[CH2][Hg][S]C1=C(C(=O)[O-])CCCC1. The second-order valence-electron chi connectivity index (χ2n) is 3.24. The Kier molecular flexibility index (Phi) is 5.40. The summed E-state index contributed by atoms with van der Waals surface area (Å²) in [5.74, 6) is -0.924. The first-order chi connectivity index (χ1) is 6.25. The van der Waals surface area contributed by atoms with E-state index in [0.717, 1.165) is 30.6 Å². The molecule has 1 aliphatic carbocycles. The molecule has 2 nitrogen and oxygen atoms in total. The molecule has 0 aromatic carbocycles. The fourth-order valence-electron chi connectivity index (χ4n) is 1.48. The van der Waals surface area contributed by atoms with E-state index in [2.05, 4.69) is 6.92 Å². The minimum atomic E-state index is -0.924. The Labute approximate surface area is 93.7 Å². The van der Waals surface area contributed by atoms with Gasteiger partial charge in [-0.2, -0.15) is 0 Å². The third kappa shape index (κ3) is 3.62. The van der Waals surface area contributed by atoms with Crippen LogP contribution in [0, 0.1) is 0 Å². The molecular weight excluding hydrogens is 373 g/mol. The normalized spacial score (nSPS) is 17.0. The molecule has 4 heteroatoms. The van der Waals surface area contributed by atoms with E-state index in [1.54, 1.807) is 0 Å². The zero-order valence-corrected chi connectivity index (χ0v) is 14.3. The van der Waals surface area contributed by atoms with Crippen molar-refractivity contribution in [3.63, 3.8) is 0 Å². The molecule has 1 aliphatic rings. The Bertz CT molecular complexity index is 226. The third-order valence-electron chi connectivity index (χ3n) is 2.14. The molecular formula is C9H13HgO2S-. The van der Waals surface area contributed by atoms with Gasteiger partial charge in [-0.05, 0) is 0 Å². The Morgan fingerprint density at radius 3 is 2.85 bits per heavy atom. The standard InChI is InChI=1S/C7H10O2S.C2H5.Hg/c8-7(9)5-3-1-2-4-6(5)10;1-2;/h10H,1-4H2,(H,8,9);1H2,2H3;/q;;+1/p-2. The van der Waals surface area contributed by atoms with Crippen LogP contribution in [-0.2, 0) is 27.9 Å². The maximum atomic E-state index is 10.8. The molecule has 0 unspecified atom stereocenters. The van der Waals surface area contributed by atoms with Crippen molar-refractivity contribution in [3.05, 3.63) is 10.5 Å². The second-order valence-corrected chi connectivity index (χ2v) is 16.4. The van der Waals surface area contributed by atoms with Crippen molar-refractivity contribution >= 4 is 14.2 Å². The maximum absolute atomic E-state index is 10.8. The van der Waals surface area contributed by atoms with E-state index in [4.69, 9.17) is 0 Å². The minimum absolute atomic E-state index is 0.615. The number of allylic oxidation sites excluding steroid dienone is 1. The molecule has 0 saturated heterocycles. The van der Waals surface area contributed by atoms with Crippen LogP contribution in [0.15, 0.2) is 10.5 Å². The summed E-state index contributed by atoms with van der Waals surface area (Å²) in [6.07, 6.45) is 3.92. The number of carbonyl (C=O) groups is 1. The van der Waals surface area contributed by atoms with Crippen LogP contribution in [0.4, 0.5) is 0 Å². The second kappa shape index (κ2) is 6.07. The summed E-state index contributed by atoms with van der Waals surface area (Å²) >= 11 is -0.803. The summed E-state index contributed by atoms with van der Waals surface area (Å²) in [5.41, 5.74) is 0.615. The van der Waals surface area contributed by atoms with Crippen LogP contribution in [0.2, 0.25) is 3.93 Å². The molecule has 70 valence electrons. The van der Waals surface area contributed by atoms with Gasteiger partial charge in [0.05, 0.1) is 0 Å². The fraction of sp³-hybridized carbons (Fsp3) is 0.667. The molecule has 0 aromatic rings. The van der Waals surface area contributed by atoms with Crippen LogP contribution in [0.1, 0.15) is 32.6 Å². The summed E-state index contributed by atoms with van der Waals surface area (Å²) in [6.45, 7) is 2.20. The van der Waals surface area contributed by atoms with Crippen molar-refractivity contribution in [2.45, 2.75) is 36.5 Å². The predicted octanol–water partition coefficient (Wildman–Crippen LogP) is 1.73. The fourth-order valence-corrected chi connectivity index (χ4v) is 11.5. The van der Waals surface area contributed by atoms with E-state index in [1.165, 1.54) is 3.93 Å². The van der Waals surface area contributed by atoms with E-state index in [-0.39, 0.29) is 0 Å². The molecule has 0 aliphatic heterocycles. The van der Waals surface area contributed by atoms with Crippen molar-refractivity contribution < 1.29 is 33.0 Å². The molecule has 0 atom stereocenters. The van der Waals surface area contributed by atoms with Gasteiger partial charge in [0.2, 0.25) is 0 Å². The predicted molar refractivity (Wildman–Crippen MR) is 48.6 cm³/mol. The van der Waals surface area contributed by atoms with Crippen LogP contribution in [0.5, 0.6) is 0 Å². The number of hydrogen-bond acceptors (Lipinski definition) is 3. The van der Waals surface area contributed by atoms with Crippen molar-refractivity contribution in [3.8, 4) is 0 Å². The van der Waals surface area contributed by atoms with Gasteiger partial charge in [-0.3, -0.25) is 0 Å². The van der Waals surface area contributed by atoms with Gasteiger partial charge in [-0.25, -0.2) is 0 Å². The van der Waals surface area contributed by atoms with Crippen LogP contribution < -0.4 is 5.11 Å². The first kappa shape index (κ1) is 11.6. The van der Waals surface area contributed by atoms with E-state index < -0.39 is 29.0 Å². The molecule has 13 heavy (non-hydrogen) atoms. The van der Waals surface area contributed by atoms with Gasteiger partial charge >= 0.3 is 94.2 Å².